The molecule has 24 heavy (non-hydrogen) atoms. The van der Waals surface area contributed by atoms with E-state index in [9.17, 15) is 4.79 Å². The van der Waals surface area contributed by atoms with E-state index in [-0.39, 0.29) is 5.91 Å². The van der Waals surface area contributed by atoms with Crippen LogP contribution in [0.15, 0.2) is 35.5 Å². The third-order valence-corrected chi connectivity index (χ3v) is 6.89. The van der Waals surface area contributed by atoms with Crippen molar-refractivity contribution in [3.05, 3.63) is 41.4 Å². The summed E-state index contributed by atoms with van der Waals surface area (Å²) in [5, 5.41) is 6.91. The Hall–Kier alpha value is -1.70. The van der Waals surface area contributed by atoms with Crippen molar-refractivity contribution < 1.29 is 4.79 Å². The minimum atomic E-state index is -0.0441. The van der Waals surface area contributed by atoms with Crippen molar-refractivity contribution in [3.8, 4) is 10.6 Å². The Kier molecular flexibility index (Phi) is 5.33. The molecule has 0 aliphatic rings. The quantitative estimate of drug-likeness (QED) is 0.393. The van der Waals surface area contributed by atoms with E-state index in [0.717, 1.165) is 5.69 Å². The molecule has 0 bridgehead atoms. The number of carbonyl (C=O) groups is 1. The number of amides is 1. The van der Waals surface area contributed by atoms with Crippen molar-refractivity contribution in [1.29, 1.82) is 0 Å². The van der Waals surface area contributed by atoms with Crippen LogP contribution in [0.3, 0.4) is 0 Å². The Labute approximate surface area is 153 Å². The Morgan fingerprint density at radius 1 is 1.46 bits per heavy atom. The molecule has 0 aliphatic heterocycles. The van der Waals surface area contributed by atoms with Gasteiger partial charge in [-0.3, -0.25) is 4.79 Å². The lowest BCUT2D eigenvalue weighted by Gasteiger charge is -2.04. The number of hydrogen-bond donors (Lipinski definition) is 1. The number of hydrogen-bond acceptors (Lipinski definition) is 6. The fourth-order valence-corrected chi connectivity index (χ4v) is 5.53. The van der Waals surface area contributed by atoms with Gasteiger partial charge in [-0.1, -0.05) is 17.8 Å². The zero-order valence-electron chi connectivity index (χ0n) is 13.5. The molecule has 124 valence electrons. The van der Waals surface area contributed by atoms with E-state index < -0.39 is 0 Å². The number of carbonyl (C=O) groups excluding carboxylic acids is 1. The van der Waals surface area contributed by atoms with E-state index in [0.29, 0.717) is 17.5 Å². The van der Waals surface area contributed by atoms with Gasteiger partial charge in [-0.25, -0.2) is 9.97 Å². The van der Waals surface area contributed by atoms with E-state index in [4.69, 9.17) is 0 Å². The summed E-state index contributed by atoms with van der Waals surface area (Å²) in [6.45, 7) is 8.35. The van der Waals surface area contributed by atoms with Crippen molar-refractivity contribution in [2.75, 3.05) is 12.3 Å². The molecule has 0 fully saturated rings. The van der Waals surface area contributed by atoms with Crippen LogP contribution in [0, 0.1) is 13.8 Å². The summed E-state index contributed by atoms with van der Waals surface area (Å²) < 4.78 is 1.33. The summed E-state index contributed by atoms with van der Waals surface area (Å²) in [7, 11) is 0. The van der Waals surface area contributed by atoms with Gasteiger partial charge in [-0.05, 0) is 36.4 Å². The largest absolute Gasteiger partial charge is 0.352 e. The number of thioether (sulfide) groups is 1. The molecule has 3 aromatic rings. The van der Waals surface area contributed by atoms with Crippen LogP contribution in [0.1, 0.15) is 11.1 Å². The van der Waals surface area contributed by atoms with Gasteiger partial charge < -0.3 is 5.32 Å². The molecule has 0 spiro atoms. The minimum absolute atomic E-state index is 0.0441. The highest BCUT2D eigenvalue weighted by Gasteiger charge is 2.15. The summed E-state index contributed by atoms with van der Waals surface area (Å²) in [5.74, 6) is 0.256. The van der Waals surface area contributed by atoms with Crippen molar-refractivity contribution in [1.82, 2.24) is 15.3 Å². The average Bonchev–Trinajstić information content (AvgIpc) is 3.12. The molecule has 0 saturated carbocycles. The van der Waals surface area contributed by atoms with Crippen LogP contribution in [0.5, 0.6) is 0 Å². The molecule has 3 aromatic heterocycles. The molecule has 0 radical (unpaired) electrons. The number of thiophene rings is 2. The lowest BCUT2D eigenvalue weighted by atomic mass is 10.1. The molecule has 7 heteroatoms. The lowest BCUT2D eigenvalue weighted by Crippen LogP contribution is -2.25. The fourth-order valence-electron chi connectivity index (χ4n) is 2.38. The Morgan fingerprint density at radius 2 is 2.29 bits per heavy atom. The normalized spacial score (nSPS) is 10.9. The van der Waals surface area contributed by atoms with E-state index in [1.165, 1.54) is 37.2 Å². The number of nitrogens with zero attached hydrogens (tertiary/aromatic N) is 2. The first-order valence-corrected chi connectivity index (χ1v) is 10.1. The van der Waals surface area contributed by atoms with Gasteiger partial charge in [-0.2, -0.15) is 0 Å². The topological polar surface area (TPSA) is 54.9 Å². The second-order valence-electron chi connectivity index (χ2n) is 5.24. The van der Waals surface area contributed by atoms with E-state index >= 15 is 0 Å². The monoisotopic (exact) mass is 375 g/mol. The molecule has 4 nitrogen and oxygen atoms in total. The second kappa shape index (κ2) is 7.46. The van der Waals surface area contributed by atoms with Crippen LogP contribution in [0.4, 0.5) is 0 Å². The zero-order chi connectivity index (χ0) is 17.1. The van der Waals surface area contributed by atoms with Crippen molar-refractivity contribution in [2.24, 2.45) is 0 Å². The van der Waals surface area contributed by atoms with Crippen LogP contribution < -0.4 is 5.32 Å². The first kappa shape index (κ1) is 17.1. The highest BCUT2D eigenvalue weighted by molar-refractivity contribution is 7.99. The van der Waals surface area contributed by atoms with Gasteiger partial charge in [0.2, 0.25) is 5.91 Å². The average molecular weight is 376 g/mol. The summed E-state index contributed by atoms with van der Waals surface area (Å²) in [4.78, 5) is 21.7. The van der Waals surface area contributed by atoms with Crippen molar-refractivity contribution >= 4 is 49.7 Å². The highest BCUT2D eigenvalue weighted by atomic mass is 32.2. The molecule has 3 heterocycles. The van der Waals surface area contributed by atoms with Crippen LogP contribution >= 0.6 is 34.4 Å². The number of aromatic nitrogens is 2. The lowest BCUT2D eigenvalue weighted by molar-refractivity contribution is -0.118. The first-order chi connectivity index (χ1) is 11.6. The minimum Gasteiger partial charge on any atom is -0.352 e. The maximum absolute atomic E-state index is 11.7. The predicted molar refractivity (Wildman–Crippen MR) is 104 cm³/mol. The predicted octanol–water partition coefficient (Wildman–Crippen LogP) is 4.43. The van der Waals surface area contributed by atoms with Gasteiger partial charge >= 0.3 is 0 Å². The summed E-state index contributed by atoms with van der Waals surface area (Å²) in [6, 6.07) is 1.93. The van der Waals surface area contributed by atoms with Gasteiger partial charge in [0.25, 0.3) is 0 Å². The number of rotatable bonds is 6. The van der Waals surface area contributed by atoms with Gasteiger partial charge in [0.15, 0.2) is 5.16 Å². The molecule has 0 unspecified atom stereocenters. The van der Waals surface area contributed by atoms with E-state index in [2.05, 4.69) is 41.1 Å². The molecule has 0 aliphatic carbocycles. The van der Waals surface area contributed by atoms with Gasteiger partial charge in [0.1, 0.15) is 0 Å². The van der Waals surface area contributed by atoms with Crippen LogP contribution in [-0.2, 0) is 4.79 Å². The van der Waals surface area contributed by atoms with Crippen molar-refractivity contribution in [2.45, 2.75) is 19.0 Å². The SMILES string of the molecule is C=CCNC(=O)CSc1nccc(-c2sc3scc(C)c3c2C)n1. The maximum atomic E-state index is 11.7. The highest BCUT2D eigenvalue weighted by Crippen LogP contribution is 2.42. The third-order valence-electron chi connectivity index (χ3n) is 3.49. The molecule has 0 saturated heterocycles. The molecule has 1 amide bonds. The standard InChI is InChI=1S/C17H17N3OS3/c1-4-6-18-13(21)9-23-17-19-7-5-12(20-17)15-11(3)14-10(2)8-22-16(14)24-15/h4-5,7-8H,1,6,9H2,2-3H3,(H,18,21). The fraction of sp³-hybridized carbons (Fsp3) is 0.235. The van der Waals surface area contributed by atoms with Crippen LogP contribution in [-0.4, -0.2) is 28.2 Å². The van der Waals surface area contributed by atoms with Gasteiger partial charge in [0.05, 0.1) is 20.3 Å². The van der Waals surface area contributed by atoms with E-state index in [1.54, 1.807) is 34.9 Å². The second-order valence-corrected chi connectivity index (χ2v) is 8.34. The summed E-state index contributed by atoms with van der Waals surface area (Å²) in [6.07, 6.45) is 3.42. The maximum Gasteiger partial charge on any atom is 0.230 e. The molecule has 0 aromatic carbocycles. The Bertz CT molecular complexity index is 898. The first-order valence-electron chi connectivity index (χ1n) is 7.41. The smallest absolute Gasteiger partial charge is 0.230 e. The number of aryl methyl sites for hydroxylation is 2. The van der Waals surface area contributed by atoms with Crippen LogP contribution in [0.2, 0.25) is 0 Å². The summed E-state index contributed by atoms with van der Waals surface area (Å²) in [5.41, 5.74) is 3.51. The van der Waals surface area contributed by atoms with Crippen LogP contribution in [0.25, 0.3) is 20.0 Å². The molecule has 1 N–H and O–H groups in total. The molecule has 0 atom stereocenters. The van der Waals surface area contributed by atoms with E-state index in [1.807, 2.05) is 6.07 Å². The molecular weight excluding hydrogens is 358 g/mol. The van der Waals surface area contributed by atoms with Gasteiger partial charge in [0, 0.05) is 18.1 Å². The molecular formula is C17H17N3OS3. The Morgan fingerprint density at radius 3 is 3.04 bits per heavy atom. The number of nitrogens with one attached hydrogen (secondary N) is 1. The Balaban J connectivity index is 1.80. The van der Waals surface area contributed by atoms with Crippen molar-refractivity contribution in [3.63, 3.8) is 0 Å². The third kappa shape index (κ3) is 3.53. The summed E-state index contributed by atoms with van der Waals surface area (Å²) >= 11 is 4.89. The zero-order valence-corrected chi connectivity index (χ0v) is 15.9. The number of fused-ring (bicyclic) bond motifs is 1. The van der Waals surface area contributed by atoms with Gasteiger partial charge in [-0.15, -0.1) is 29.3 Å². The molecule has 3 rings (SSSR count).